The molecule has 1 atom stereocenters. The number of fused-ring (bicyclic) bond motifs is 3. The van der Waals surface area contributed by atoms with Crippen LogP contribution in [0.5, 0.6) is 0 Å². The van der Waals surface area contributed by atoms with Crippen LogP contribution >= 0.6 is 11.3 Å². The van der Waals surface area contributed by atoms with Crippen LogP contribution < -0.4 is 5.73 Å². The average molecular weight is 397 g/mol. The Kier molecular flexibility index (Phi) is 4.38. The van der Waals surface area contributed by atoms with Crippen LogP contribution in [0.15, 0.2) is 23.2 Å². The van der Waals surface area contributed by atoms with Crippen LogP contribution in [0, 0.1) is 33.5 Å². The number of benzene rings is 1. The molecule has 1 unspecified atom stereocenters. The van der Waals surface area contributed by atoms with Gasteiger partial charge >= 0.3 is 0 Å². The molecule has 1 aliphatic rings. The molecule has 3 aromatic rings. The zero-order valence-corrected chi connectivity index (χ0v) is 16.9. The number of rotatable bonds is 3. The third-order valence-electron chi connectivity index (χ3n) is 5.08. The number of primary amides is 1. The van der Waals surface area contributed by atoms with Gasteiger partial charge in [0.2, 0.25) is 5.91 Å². The fourth-order valence-electron chi connectivity index (χ4n) is 3.46. The molecule has 8 heteroatoms. The summed E-state index contributed by atoms with van der Waals surface area (Å²) in [5.74, 6) is 0.506. The monoisotopic (exact) mass is 397 g/mol. The molecule has 144 valence electrons. The minimum atomic E-state index is -0.586. The number of nitrogens with two attached hydrogens (primary N) is 1. The SMILES string of the molecule is Cc1ccc(C2=NC(CC(N)=O)c3nnc(C)n3-c3sc(C)c(C)c32)cc1F. The summed E-state index contributed by atoms with van der Waals surface area (Å²) < 4.78 is 16.3. The molecule has 3 heterocycles. The van der Waals surface area contributed by atoms with Gasteiger partial charge in [-0.05, 0) is 44.9 Å². The largest absolute Gasteiger partial charge is 0.370 e. The maximum atomic E-state index is 14.3. The normalized spacial score (nSPS) is 15.6. The number of thiophene rings is 1. The van der Waals surface area contributed by atoms with E-state index in [1.165, 1.54) is 6.07 Å². The molecule has 1 amide bonds. The zero-order valence-electron chi connectivity index (χ0n) is 16.1. The quantitative estimate of drug-likeness (QED) is 0.734. The molecule has 28 heavy (non-hydrogen) atoms. The molecule has 0 fully saturated rings. The molecule has 0 aliphatic carbocycles. The van der Waals surface area contributed by atoms with Gasteiger partial charge in [-0.2, -0.15) is 0 Å². The summed E-state index contributed by atoms with van der Waals surface area (Å²) >= 11 is 1.61. The number of aromatic nitrogens is 3. The van der Waals surface area contributed by atoms with Crippen LogP contribution in [0.2, 0.25) is 0 Å². The highest BCUT2D eigenvalue weighted by molar-refractivity contribution is 7.15. The third-order valence-corrected chi connectivity index (χ3v) is 6.27. The highest BCUT2D eigenvalue weighted by atomic mass is 32.1. The van der Waals surface area contributed by atoms with Crippen molar-refractivity contribution in [1.82, 2.24) is 14.8 Å². The molecule has 0 saturated heterocycles. The fourth-order valence-corrected chi connectivity index (χ4v) is 4.67. The molecule has 0 bridgehead atoms. The number of aliphatic imine (C=N–C) groups is 1. The number of aryl methyl sites for hydroxylation is 3. The topological polar surface area (TPSA) is 86.2 Å². The van der Waals surface area contributed by atoms with Gasteiger partial charge in [-0.3, -0.25) is 14.4 Å². The van der Waals surface area contributed by atoms with Gasteiger partial charge < -0.3 is 5.73 Å². The van der Waals surface area contributed by atoms with Gasteiger partial charge in [-0.25, -0.2) is 4.39 Å². The summed E-state index contributed by atoms with van der Waals surface area (Å²) in [4.78, 5) is 17.7. The number of hydrogen-bond acceptors (Lipinski definition) is 5. The average Bonchev–Trinajstić information content (AvgIpc) is 3.10. The predicted molar refractivity (Wildman–Crippen MR) is 107 cm³/mol. The maximum Gasteiger partial charge on any atom is 0.220 e. The van der Waals surface area contributed by atoms with Crippen LogP contribution in [0.4, 0.5) is 4.39 Å². The standard InChI is InChI=1S/C20H20FN5OS/c1-9-5-6-13(7-14(9)21)18-17-10(2)11(3)28-20(17)26-12(4)24-25-19(26)15(23-18)8-16(22)27/h5-7,15H,8H2,1-4H3,(H2,22,27). The molecular formula is C20H20FN5OS. The summed E-state index contributed by atoms with van der Waals surface area (Å²) in [5.41, 5.74) is 9.34. The van der Waals surface area contributed by atoms with Gasteiger partial charge in [0.05, 0.1) is 12.1 Å². The van der Waals surface area contributed by atoms with E-state index < -0.39 is 11.9 Å². The first kappa shape index (κ1) is 18.5. The Morgan fingerprint density at radius 2 is 2.00 bits per heavy atom. The lowest BCUT2D eigenvalue weighted by atomic mass is 9.98. The summed E-state index contributed by atoms with van der Waals surface area (Å²) in [6.45, 7) is 7.66. The highest BCUT2D eigenvalue weighted by Crippen LogP contribution is 2.39. The van der Waals surface area contributed by atoms with Crippen molar-refractivity contribution in [2.24, 2.45) is 10.7 Å². The zero-order chi connectivity index (χ0) is 20.2. The van der Waals surface area contributed by atoms with E-state index in [1.807, 2.05) is 31.4 Å². The van der Waals surface area contributed by atoms with Crippen molar-refractivity contribution < 1.29 is 9.18 Å². The van der Waals surface area contributed by atoms with Crippen molar-refractivity contribution >= 4 is 23.0 Å². The van der Waals surface area contributed by atoms with Gasteiger partial charge in [-0.15, -0.1) is 21.5 Å². The van der Waals surface area contributed by atoms with Crippen molar-refractivity contribution in [3.8, 4) is 5.00 Å². The molecule has 1 aliphatic heterocycles. The summed E-state index contributed by atoms with van der Waals surface area (Å²) in [7, 11) is 0. The van der Waals surface area contributed by atoms with Crippen molar-refractivity contribution in [3.05, 3.63) is 62.8 Å². The number of carbonyl (C=O) groups is 1. The second-order valence-corrected chi connectivity index (χ2v) is 8.24. The second kappa shape index (κ2) is 6.63. The minimum absolute atomic E-state index is 0.00292. The van der Waals surface area contributed by atoms with Gasteiger partial charge in [-0.1, -0.05) is 12.1 Å². The van der Waals surface area contributed by atoms with Gasteiger partial charge in [0, 0.05) is 16.0 Å². The van der Waals surface area contributed by atoms with Crippen LogP contribution in [0.3, 0.4) is 0 Å². The Morgan fingerprint density at radius 1 is 1.25 bits per heavy atom. The minimum Gasteiger partial charge on any atom is -0.370 e. The first-order chi connectivity index (χ1) is 13.3. The van der Waals surface area contributed by atoms with Crippen LogP contribution in [0.25, 0.3) is 5.00 Å². The van der Waals surface area contributed by atoms with E-state index in [0.717, 1.165) is 21.0 Å². The first-order valence-electron chi connectivity index (χ1n) is 8.93. The van der Waals surface area contributed by atoms with Crippen molar-refractivity contribution in [2.45, 2.75) is 40.2 Å². The van der Waals surface area contributed by atoms with E-state index in [4.69, 9.17) is 10.7 Å². The van der Waals surface area contributed by atoms with Gasteiger partial charge in [0.15, 0.2) is 5.82 Å². The number of hydrogen-bond donors (Lipinski definition) is 1. The van der Waals surface area contributed by atoms with Gasteiger partial charge in [0.1, 0.15) is 22.7 Å². The molecule has 0 radical (unpaired) electrons. The van der Waals surface area contributed by atoms with E-state index in [-0.39, 0.29) is 12.2 Å². The molecular weight excluding hydrogens is 377 g/mol. The Balaban J connectivity index is 2.05. The lowest BCUT2D eigenvalue weighted by Gasteiger charge is -2.11. The molecule has 4 rings (SSSR count). The predicted octanol–water partition coefficient (Wildman–Crippen LogP) is 3.47. The molecule has 6 nitrogen and oxygen atoms in total. The summed E-state index contributed by atoms with van der Waals surface area (Å²) in [6, 6.07) is 4.50. The molecule has 0 spiro atoms. The second-order valence-electron chi connectivity index (χ2n) is 7.03. The van der Waals surface area contributed by atoms with E-state index >= 15 is 0 Å². The lowest BCUT2D eigenvalue weighted by Crippen LogP contribution is -2.17. The molecule has 2 N–H and O–H groups in total. The number of amides is 1. The van der Waals surface area contributed by atoms with E-state index in [2.05, 4.69) is 10.2 Å². The Bertz CT molecular complexity index is 1140. The van der Waals surface area contributed by atoms with Crippen molar-refractivity contribution in [1.29, 1.82) is 0 Å². The number of carbonyl (C=O) groups excluding carboxylic acids is 1. The van der Waals surface area contributed by atoms with Gasteiger partial charge in [0.25, 0.3) is 0 Å². The number of nitrogens with zero attached hydrogens (tertiary/aromatic N) is 4. The van der Waals surface area contributed by atoms with E-state index in [0.29, 0.717) is 28.5 Å². The van der Waals surface area contributed by atoms with E-state index in [9.17, 15) is 9.18 Å². The van der Waals surface area contributed by atoms with E-state index in [1.54, 1.807) is 24.3 Å². The maximum absolute atomic E-state index is 14.3. The highest BCUT2D eigenvalue weighted by Gasteiger charge is 2.32. The molecule has 0 saturated carbocycles. The number of halogens is 1. The van der Waals surface area contributed by atoms with Crippen molar-refractivity contribution in [3.63, 3.8) is 0 Å². The summed E-state index contributed by atoms with van der Waals surface area (Å²) in [5, 5.41) is 9.41. The lowest BCUT2D eigenvalue weighted by molar-refractivity contribution is -0.118. The van der Waals surface area contributed by atoms with Crippen LogP contribution in [-0.2, 0) is 4.79 Å². The van der Waals surface area contributed by atoms with Crippen molar-refractivity contribution in [2.75, 3.05) is 0 Å². The van der Waals surface area contributed by atoms with Crippen LogP contribution in [0.1, 0.15) is 51.2 Å². The first-order valence-corrected chi connectivity index (χ1v) is 9.74. The molecule has 1 aromatic carbocycles. The fraction of sp³-hybridized carbons (Fsp3) is 0.300. The third kappa shape index (κ3) is 2.84. The smallest absolute Gasteiger partial charge is 0.220 e. The Labute approximate surface area is 165 Å². The Morgan fingerprint density at radius 3 is 2.68 bits per heavy atom. The molecule has 2 aromatic heterocycles. The Hall–Kier alpha value is -2.87. The van der Waals surface area contributed by atoms with Crippen LogP contribution in [-0.4, -0.2) is 26.4 Å². The summed E-state index contributed by atoms with van der Waals surface area (Å²) in [6.07, 6.45) is 0.00292.